The fraction of sp³-hybridized carbons (Fsp3) is 0.394. The molecular weight excluding hydrogens is 617 g/mol. The fourth-order valence-corrected chi connectivity index (χ4v) is 8.22. The molecule has 0 aliphatic carbocycles. The summed E-state index contributed by atoms with van der Waals surface area (Å²) in [5.74, 6) is -2.37. The van der Waals surface area contributed by atoms with E-state index in [1.54, 1.807) is 19.2 Å². The summed E-state index contributed by atoms with van der Waals surface area (Å²) >= 11 is 0. The number of sulfone groups is 2. The van der Waals surface area contributed by atoms with Crippen LogP contribution in [0, 0.1) is 6.92 Å². The highest BCUT2D eigenvalue weighted by Gasteiger charge is 2.39. The van der Waals surface area contributed by atoms with E-state index in [1.165, 1.54) is 0 Å². The van der Waals surface area contributed by atoms with Gasteiger partial charge >= 0.3 is 5.97 Å². The molecule has 0 bridgehead atoms. The predicted molar refractivity (Wildman–Crippen MR) is 173 cm³/mol. The molecule has 1 saturated heterocycles. The number of carboxylic acids is 1. The number of benzene rings is 3. The number of amides is 1. The zero-order chi connectivity index (χ0) is 32.8. The minimum absolute atomic E-state index is 0.0329. The summed E-state index contributed by atoms with van der Waals surface area (Å²) in [6, 6.07) is 20.4. The molecule has 45 heavy (non-hydrogen) atoms. The quantitative estimate of drug-likeness (QED) is 0.266. The highest BCUT2D eigenvalue weighted by molar-refractivity contribution is 7.91. The molecule has 242 valence electrons. The molecule has 1 fully saturated rings. The van der Waals surface area contributed by atoms with E-state index >= 15 is 0 Å². The Bertz CT molecular complexity index is 1730. The van der Waals surface area contributed by atoms with Crippen LogP contribution in [0.15, 0.2) is 72.8 Å². The maximum absolute atomic E-state index is 13.5. The highest BCUT2D eigenvalue weighted by Crippen LogP contribution is 2.31. The van der Waals surface area contributed by atoms with Crippen LogP contribution in [-0.2, 0) is 41.5 Å². The van der Waals surface area contributed by atoms with Crippen molar-refractivity contribution >= 4 is 31.6 Å². The first-order valence-electron chi connectivity index (χ1n) is 14.7. The summed E-state index contributed by atoms with van der Waals surface area (Å²) < 4.78 is 55.5. The van der Waals surface area contributed by atoms with Gasteiger partial charge in [-0.15, -0.1) is 0 Å². The van der Waals surface area contributed by atoms with Crippen LogP contribution in [0.1, 0.15) is 39.9 Å². The van der Waals surface area contributed by atoms with E-state index in [9.17, 15) is 31.5 Å². The number of hydrogen-bond donors (Lipinski definition) is 2. The molecule has 1 amide bonds. The van der Waals surface area contributed by atoms with Crippen LogP contribution in [0.3, 0.4) is 0 Å². The first-order chi connectivity index (χ1) is 21.3. The number of methoxy groups -OCH3 is 1. The summed E-state index contributed by atoms with van der Waals surface area (Å²) in [6.45, 7) is 3.03. The van der Waals surface area contributed by atoms with Gasteiger partial charge in [-0.2, -0.15) is 0 Å². The Balaban J connectivity index is 1.61. The van der Waals surface area contributed by atoms with Gasteiger partial charge in [0.25, 0.3) is 5.91 Å². The second-order valence-corrected chi connectivity index (χ2v) is 16.2. The van der Waals surface area contributed by atoms with Crippen LogP contribution < -0.4 is 5.32 Å². The molecule has 1 heterocycles. The molecule has 3 aromatic rings. The van der Waals surface area contributed by atoms with Crippen molar-refractivity contribution in [3.63, 3.8) is 0 Å². The van der Waals surface area contributed by atoms with Crippen molar-refractivity contribution in [3.8, 4) is 11.1 Å². The van der Waals surface area contributed by atoms with Crippen LogP contribution in [0.2, 0.25) is 0 Å². The standard InChI is InChI=1S/C33H40N2O8S2/c1-23-9-7-8-12-28(23)30-17-25(13-14-29(30)32(36)34-31(33(37)38)15-16-44(3,39)40)19-35-20-27(18-26(35)21-43-2)45(41,42)22-24-10-5-4-6-11-24/h4-14,17,26-27,31H,15-16,18-22H2,1-3H3,(H,34,36)(H,37,38)/t26-,27+,31+/m1/s1. The van der Waals surface area contributed by atoms with Gasteiger partial charge in [0.15, 0.2) is 9.84 Å². The number of nitrogens with one attached hydrogen (secondary N) is 1. The van der Waals surface area contributed by atoms with Crippen molar-refractivity contribution in [2.75, 3.05) is 32.3 Å². The summed E-state index contributed by atoms with van der Waals surface area (Å²) in [5, 5.41) is 11.6. The Morgan fingerprint density at radius 3 is 2.31 bits per heavy atom. The van der Waals surface area contributed by atoms with Gasteiger partial charge in [-0.1, -0.05) is 60.7 Å². The van der Waals surface area contributed by atoms with Crippen molar-refractivity contribution in [2.45, 2.75) is 49.4 Å². The Kier molecular flexibility index (Phi) is 11.2. The van der Waals surface area contributed by atoms with E-state index in [1.807, 2.05) is 67.6 Å². The number of aryl methyl sites for hydroxylation is 1. The van der Waals surface area contributed by atoms with Crippen molar-refractivity contribution in [1.29, 1.82) is 0 Å². The lowest BCUT2D eigenvalue weighted by Crippen LogP contribution is -2.42. The van der Waals surface area contributed by atoms with Crippen molar-refractivity contribution < 1.29 is 36.3 Å². The summed E-state index contributed by atoms with van der Waals surface area (Å²) in [7, 11) is -5.27. The van der Waals surface area contributed by atoms with Gasteiger partial charge in [0.05, 0.1) is 23.4 Å². The van der Waals surface area contributed by atoms with E-state index in [-0.39, 0.29) is 29.5 Å². The molecule has 4 rings (SSSR count). The van der Waals surface area contributed by atoms with Crippen LogP contribution in [0.5, 0.6) is 0 Å². The molecule has 0 unspecified atom stereocenters. The highest BCUT2D eigenvalue weighted by atomic mass is 32.2. The number of carbonyl (C=O) groups is 2. The summed E-state index contributed by atoms with van der Waals surface area (Å²) in [5.41, 5.74) is 4.12. The van der Waals surface area contributed by atoms with Gasteiger partial charge in [0, 0.05) is 38.1 Å². The average molecular weight is 657 g/mol. The minimum Gasteiger partial charge on any atom is -0.480 e. The topological polar surface area (TPSA) is 147 Å². The molecule has 12 heteroatoms. The van der Waals surface area contributed by atoms with Crippen molar-refractivity contribution in [3.05, 3.63) is 95.1 Å². The van der Waals surface area contributed by atoms with Crippen LogP contribution >= 0.6 is 0 Å². The molecular formula is C33H40N2O8S2. The van der Waals surface area contributed by atoms with E-state index in [0.717, 1.165) is 28.5 Å². The lowest BCUT2D eigenvalue weighted by atomic mass is 9.93. The SMILES string of the molecule is COC[C@H]1C[C@H](S(=O)(=O)Cc2ccccc2)CN1Cc1ccc(C(=O)N[C@@H](CCS(C)(=O)=O)C(=O)O)c(-c2ccccc2C)c1. The van der Waals surface area contributed by atoms with Gasteiger partial charge in [-0.3, -0.25) is 9.69 Å². The average Bonchev–Trinajstić information content (AvgIpc) is 3.38. The van der Waals surface area contributed by atoms with E-state index in [0.29, 0.717) is 31.7 Å². The summed E-state index contributed by atoms with van der Waals surface area (Å²) in [6.07, 6.45) is 1.20. The lowest BCUT2D eigenvalue weighted by Gasteiger charge is -2.24. The van der Waals surface area contributed by atoms with Gasteiger partial charge < -0.3 is 15.2 Å². The summed E-state index contributed by atoms with van der Waals surface area (Å²) in [4.78, 5) is 27.4. The Labute approximate surface area is 265 Å². The van der Waals surface area contributed by atoms with Crippen molar-refractivity contribution in [1.82, 2.24) is 10.2 Å². The Morgan fingerprint density at radius 2 is 1.67 bits per heavy atom. The maximum Gasteiger partial charge on any atom is 0.326 e. The molecule has 1 aliphatic rings. The second-order valence-electron chi connectivity index (χ2n) is 11.7. The number of rotatable bonds is 14. The molecule has 0 aromatic heterocycles. The number of aliphatic carboxylic acids is 1. The normalized spacial score (nSPS) is 18.0. The molecule has 1 aliphatic heterocycles. The number of carboxylic acid groups (broad SMARTS) is 1. The smallest absolute Gasteiger partial charge is 0.326 e. The minimum atomic E-state index is -3.43. The number of nitrogens with zero attached hydrogens (tertiary/aromatic N) is 1. The molecule has 10 nitrogen and oxygen atoms in total. The monoisotopic (exact) mass is 656 g/mol. The lowest BCUT2D eigenvalue weighted by molar-refractivity contribution is -0.139. The molecule has 2 N–H and O–H groups in total. The number of likely N-dealkylation sites (tertiary alicyclic amines) is 1. The molecule has 0 radical (unpaired) electrons. The third-order valence-corrected chi connectivity index (χ3v) is 11.2. The van der Waals surface area contributed by atoms with Crippen LogP contribution in [-0.4, -0.2) is 88.3 Å². The fourth-order valence-electron chi connectivity index (χ4n) is 5.73. The molecule has 0 spiro atoms. The van der Waals surface area contributed by atoms with Crippen LogP contribution in [0.25, 0.3) is 11.1 Å². The third kappa shape index (κ3) is 9.23. The number of hydrogen-bond acceptors (Lipinski definition) is 8. The number of carbonyl (C=O) groups excluding carboxylic acids is 1. The van der Waals surface area contributed by atoms with Crippen LogP contribution in [0.4, 0.5) is 0 Å². The molecule has 3 atom stereocenters. The van der Waals surface area contributed by atoms with Gasteiger partial charge in [-0.25, -0.2) is 21.6 Å². The largest absolute Gasteiger partial charge is 0.480 e. The van der Waals surface area contributed by atoms with Gasteiger partial charge in [0.1, 0.15) is 15.9 Å². The molecule has 0 saturated carbocycles. The Morgan fingerprint density at radius 1 is 0.978 bits per heavy atom. The van der Waals surface area contributed by atoms with E-state index in [4.69, 9.17) is 4.74 Å². The van der Waals surface area contributed by atoms with Gasteiger partial charge in [-0.05, 0) is 59.7 Å². The molecule has 3 aromatic carbocycles. The van der Waals surface area contributed by atoms with Gasteiger partial charge in [0.2, 0.25) is 0 Å². The second kappa shape index (κ2) is 14.7. The predicted octanol–water partition coefficient (Wildman–Crippen LogP) is 3.48. The first-order valence-corrected chi connectivity index (χ1v) is 18.4. The van der Waals surface area contributed by atoms with E-state index < -0.39 is 42.8 Å². The first kappa shape index (κ1) is 34.3. The van der Waals surface area contributed by atoms with E-state index in [2.05, 4.69) is 10.2 Å². The number of ether oxygens (including phenoxy) is 1. The zero-order valence-corrected chi connectivity index (χ0v) is 27.3. The third-order valence-electron chi connectivity index (χ3n) is 8.10. The maximum atomic E-state index is 13.5. The Hall–Kier alpha value is -3.58. The zero-order valence-electron chi connectivity index (χ0n) is 25.7. The van der Waals surface area contributed by atoms with Crippen molar-refractivity contribution in [2.24, 2.45) is 0 Å².